The predicted octanol–water partition coefficient (Wildman–Crippen LogP) is 4.28. The minimum Gasteiger partial charge on any atom is -0.416 e. The normalized spacial score (nSPS) is 13.6. The minimum atomic E-state index is -2.74. The highest BCUT2D eigenvalue weighted by atomic mass is 31.2. The van der Waals surface area contributed by atoms with Crippen LogP contribution < -0.4 is 10.6 Å². The summed E-state index contributed by atoms with van der Waals surface area (Å²) in [5, 5.41) is 23.2. The summed E-state index contributed by atoms with van der Waals surface area (Å²) in [4.78, 5) is 28.1. The van der Waals surface area contributed by atoms with E-state index in [0.717, 1.165) is 13.0 Å². The van der Waals surface area contributed by atoms with Gasteiger partial charge in [-0.2, -0.15) is 0 Å². The first-order chi connectivity index (χ1) is 20.9. The van der Waals surface area contributed by atoms with E-state index in [-0.39, 0.29) is 50.3 Å². The van der Waals surface area contributed by atoms with Crippen LogP contribution in [0.25, 0.3) is 0 Å². The average molecular weight is 769 g/mol. The molecule has 282 valence electrons. The fourth-order valence-electron chi connectivity index (χ4n) is 4.53. The van der Waals surface area contributed by atoms with E-state index < -0.39 is 53.8 Å². The largest absolute Gasteiger partial charge is 0.416 e. The summed E-state index contributed by atoms with van der Waals surface area (Å²) in [5.74, 6) is -0.640. The molecule has 4 N–H and O–H groups in total. The molecule has 0 bridgehead atoms. The van der Waals surface area contributed by atoms with Crippen molar-refractivity contribution in [1.82, 2.24) is 20.4 Å². The Morgan fingerprint density at radius 3 is 1.26 bits per heavy atom. The summed E-state index contributed by atoms with van der Waals surface area (Å²) in [6.07, 6.45) is 0.927. The lowest BCUT2D eigenvalue weighted by Crippen LogP contribution is -2.45. The number of nitrogens with one attached hydrogen (secondary N) is 2. The van der Waals surface area contributed by atoms with E-state index in [4.69, 9.17) is 14.6 Å². The van der Waals surface area contributed by atoms with Crippen molar-refractivity contribution in [3.05, 3.63) is 0 Å². The number of carbonyl (C=O) groups excluding carboxylic acids is 2. The van der Waals surface area contributed by atoms with Crippen LogP contribution in [0.3, 0.4) is 0 Å². The molecule has 0 fully saturated rings. The minimum absolute atomic E-state index is 0.0440. The molecular weight excluding hydrogens is 700 g/mol. The van der Waals surface area contributed by atoms with Gasteiger partial charge in [-0.05, 0) is 84.4 Å². The van der Waals surface area contributed by atoms with Crippen LogP contribution in [0.4, 0.5) is 0 Å². The van der Waals surface area contributed by atoms with E-state index >= 15 is 0 Å². The highest BCUT2D eigenvalue weighted by Gasteiger charge is 2.38. The van der Waals surface area contributed by atoms with Gasteiger partial charge < -0.3 is 43.5 Å². The van der Waals surface area contributed by atoms with Gasteiger partial charge in [0.1, 0.15) is 39.6 Å². The van der Waals surface area contributed by atoms with Gasteiger partial charge in [0, 0.05) is 26.2 Å². The Morgan fingerprint density at radius 2 is 1.00 bits per heavy atom. The summed E-state index contributed by atoms with van der Waals surface area (Å²) in [6.45, 7) is 27.9. The lowest BCUT2D eigenvalue weighted by atomic mass is 10.2. The fraction of sp³-hybridized carbons (Fsp3) is 0.931. The number of hydrogen-bond acceptors (Lipinski definition) is 11. The molecule has 47 heavy (non-hydrogen) atoms. The number of carbonyl (C=O) groups is 2. The van der Waals surface area contributed by atoms with Crippen molar-refractivity contribution >= 4 is 48.7 Å². The number of rotatable bonds is 20. The third kappa shape index (κ3) is 21.0. The maximum absolute atomic E-state index is 12.5. The lowest BCUT2D eigenvalue weighted by molar-refractivity contribution is -0.123. The van der Waals surface area contributed by atoms with Gasteiger partial charge in [0.15, 0.2) is 8.32 Å². The smallest absolute Gasteiger partial charge is 0.235 e. The molecule has 18 heteroatoms. The number of nitrogens with zero attached hydrogens (tertiary/aromatic N) is 2. The Kier molecular flexibility index (Phi) is 21.5. The molecule has 2 amide bonds. The van der Waals surface area contributed by atoms with Crippen LogP contribution in [-0.2, 0) is 32.3 Å². The molecule has 13 nitrogen and oxygen atoms in total. The molecule has 0 aliphatic heterocycles. The molecule has 0 saturated heterocycles. The molecule has 0 aliphatic carbocycles. The molecule has 0 radical (unpaired) electrons. The number of aliphatic hydroxyl groups is 2. The van der Waals surface area contributed by atoms with Gasteiger partial charge in [-0.15, -0.1) is 0 Å². The Morgan fingerprint density at radius 1 is 0.681 bits per heavy atom. The molecule has 0 atom stereocenters. The molecular formula is C29H68N4O9P4Si. The maximum Gasteiger partial charge on any atom is 0.235 e. The number of hydrogen-bond donors (Lipinski definition) is 4. The number of amides is 2. The van der Waals surface area contributed by atoms with E-state index in [0.29, 0.717) is 13.2 Å². The molecule has 0 rings (SSSR count). The molecule has 0 heterocycles. The Hall–Kier alpha value is -0.123. The third-order valence-corrected chi connectivity index (χ3v) is 24.2. The molecule has 0 unspecified atom stereocenters. The topological polar surface area (TPSA) is 183 Å². The van der Waals surface area contributed by atoms with Crippen molar-refractivity contribution in [2.24, 2.45) is 0 Å². The van der Waals surface area contributed by atoms with Crippen molar-refractivity contribution in [3.8, 4) is 0 Å². The molecule has 0 saturated carbocycles. The highest BCUT2D eigenvalue weighted by molar-refractivity contribution is 7.81. The van der Waals surface area contributed by atoms with Crippen molar-refractivity contribution in [1.29, 1.82) is 0 Å². The van der Waals surface area contributed by atoms with E-state index in [1.165, 1.54) is 26.7 Å². The molecule has 0 spiro atoms. The number of aliphatic hydroxyl groups excluding tert-OH is 2. The average Bonchev–Trinajstić information content (AvgIpc) is 2.83. The van der Waals surface area contributed by atoms with Crippen molar-refractivity contribution in [3.63, 3.8) is 0 Å². The quantitative estimate of drug-likeness (QED) is 0.103. The zero-order valence-electron chi connectivity index (χ0n) is 31.7. The Balaban J connectivity index is 0. The van der Waals surface area contributed by atoms with Crippen LogP contribution in [0.5, 0.6) is 0 Å². The van der Waals surface area contributed by atoms with Crippen LogP contribution >= 0.6 is 28.6 Å². The van der Waals surface area contributed by atoms with Gasteiger partial charge in [-0.3, -0.25) is 19.4 Å². The van der Waals surface area contributed by atoms with Crippen LogP contribution in [0.1, 0.15) is 34.1 Å². The summed E-state index contributed by atoms with van der Waals surface area (Å²) in [7, 11) is -12.7. The van der Waals surface area contributed by atoms with Gasteiger partial charge in [-0.1, -0.05) is 27.7 Å². The first-order valence-corrected chi connectivity index (χ1v) is 29.6. The van der Waals surface area contributed by atoms with Crippen LogP contribution in [-0.4, -0.2) is 164 Å². The second-order valence-electron chi connectivity index (χ2n) is 15.2. The zero-order chi connectivity index (χ0) is 37.7. The van der Waals surface area contributed by atoms with Crippen LogP contribution in [0, 0.1) is 0 Å². The second kappa shape index (κ2) is 20.7. The van der Waals surface area contributed by atoms with Gasteiger partial charge >= 0.3 is 0 Å². The van der Waals surface area contributed by atoms with Crippen molar-refractivity contribution < 1.29 is 42.5 Å². The first-order valence-electron chi connectivity index (χ1n) is 16.0. The Bertz CT molecular complexity index is 1110. The van der Waals surface area contributed by atoms with E-state index in [1.807, 2.05) is 4.90 Å². The summed E-state index contributed by atoms with van der Waals surface area (Å²) >= 11 is 0. The first kappa shape index (κ1) is 49.0. The summed E-state index contributed by atoms with van der Waals surface area (Å²) < 4.78 is 55.5. The summed E-state index contributed by atoms with van der Waals surface area (Å²) in [6, 6.07) is 0. The molecule has 0 aliphatic rings. The lowest BCUT2D eigenvalue weighted by Gasteiger charge is -2.36. The third-order valence-electron chi connectivity index (χ3n) is 7.72. The van der Waals surface area contributed by atoms with Crippen LogP contribution in [0.15, 0.2) is 0 Å². The van der Waals surface area contributed by atoms with E-state index in [1.54, 1.807) is 31.6 Å². The predicted molar refractivity (Wildman–Crippen MR) is 202 cm³/mol. The zero-order valence-corrected chi connectivity index (χ0v) is 36.2. The van der Waals surface area contributed by atoms with Gasteiger partial charge in [0.2, 0.25) is 11.8 Å². The van der Waals surface area contributed by atoms with Gasteiger partial charge in [0.25, 0.3) is 0 Å². The van der Waals surface area contributed by atoms with Gasteiger partial charge in [-0.25, -0.2) is 0 Å². The molecule has 0 aromatic heterocycles. The monoisotopic (exact) mass is 768 g/mol. The van der Waals surface area contributed by atoms with Crippen LogP contribution in [0.2, 0.25) is 18.1 Å². The maximum atomic E-state index is 12.5. The van der Waals surface area contributed by atoms with Crippen molar-refractivity contribution in [2.45, 2.75) is 63.3 Å². The van der Waals surface area contributed by atoms with E-state index in [2.05, 4.69) is 51.4 Å². The second-order valence-corrected chi connectivity index (χ2v) is 34.4. The van der Waals surface area contributed by atoms with Crippen molar-refractivity contribution in [2.75, 3.05) is 112 Å². The molecule has 0 aromatic carbocycles. The van der Waals surface area contributed by atoms with E-state index in [9.17, 15) is 27.8 Å². The Labute approximate surface area is 286 Å². The fourth-order valence-corrected chi connectivity index (χ4v) is 18.1. The summed E-state index contributed by atoms with van der Waals surface area (Å²) in [5.41, 5.74) is -1.60. The molecule has 0 aromatic rings. The standard InChI is InChI=1S/C18H42N2O4P2Si.C11H26N2O5P2/c1-11-12-20(13-14-24-27(9,10)18(2,3)4)15-16(21)19-17(25(5,6)22)26(7,8)23;1-19(2,17)11(20(3,4)18)12-10(16)9-13(5-7-14)6-8-15/h17H,11-15H2,1-10H3,(H,19,21);11,14-15H,5-9H2,1-4H3,(H,12,16). The highest BCUT2D eigenvalue weighted by Crippen LogP contribution is 2.60. The van der Waals surface area contributed by atoms with Gasteiger partial charge in [0.05, 0.1) is 26.3 Å². The SMILES string of the molecule is CCCN(CCO[Si](C)(C)C(C)(C)C)CC(=O)NC(P(C)(C)=O)P(C)(C)=O.CP(C)(=O)C(NC(=O)CN(CCO)CCO)P(C)(C)=O.